The number of likely N-dealkylation sites (tertiary alicyclic amines) is 1. The molecule has 1 aliphatic rings. The van der Waals surface area contributed by atoms with Crippen LogP contribution in [0.3, 0.4) is 0 Å². The van der Waals surface area contributed by atoms with Gasteiger partial charge in [0.05, 0.1) is 6.04 Å². The highest BCUT2D eigenvalue weighted by molar-refractivity contribution is 7.09. The van der Waals surface area contributed by atoms with Crippen molar-refractivity contribution >= 4 is 17.2 Å². The fourth-order valence-corrected chi connectivity index (χ4v) is 3.51. The van der Waals surface area contributed by atoms with Gasteiger partial charge >= 0.3 is 0 Å². The van der Waals surface area contributed by atoms with E-state index in [1.165, 1.54) is 23.4 Å². The van der Waals surface area contributed by atoms with E-state index < -0.39 is 0 Å². The number of rotatable bonds is 4. The summed E-state index contributed by atoms with van der Waals surface area (Å²) in [5.74, 6) is 1.01. The van der Waals surface area contributed by atoms with Crippen molar-refractivity contribution in [2.24, 2.45) is 0 Å². The standard InChI is InChI=1S/C15H20N4S/c1-18(2)14-6-5-12(10-17-14)11-19-8-3-4-13(19)15-16-7-9-20-15/h5-7,9-10,13H,3-4,8,11H2,1-2H3/t13-/m1/s1. The van der Waals surface area contributed by atoms with Crippen molar-refractivity contribution in [2.75, 3.05) is 25.5 Å². The Hall–Kier alpha value is -1.46. The molecule has 1 saturated heterocycles. The summed E-state index contributed by atoms with van der Waals surface area (Å²) >= 11 is 1.77. The molecule has 3 rings (SSSR count). The minimum Gasteiger partial charge on any atom is -0.363 e. The SMILES string of the molecule is CN(C)c1ccc(CN2CCC[C@@H]2c2nccs2)cn1. The first-order valence-corrected chi connectivity index (χ1v) is 7.87. The fourth-order valence-electron chi connectivity index (χ4n) is 2.70. The zero-order valence-corrected chi connectivity index (χ0v) is 12.8. The second-order valence-electron chi connectivity index (χ2n) is 5.42. The van der Waals surface area contributed by atoms with Crippen molar-refractivity contribution in [1.29, 1.82) is 0 Å². The summed E-state index contributed by atoms with van der Waals surface area (Å²) in [6.07, 6.45) is 6.38. The van der Waals surface area contributed by atoms with E-state index in [-0.39, 0.29) is 0 Å². The molecule has 1 atom stereocenters. The van der Waals surface area contributed by atoms with Crippen molar-refractivity contribution in [3.63, 3.8) is 0 Å². The van der Waals surface area contributed by atoms with Gasteiger partial charge in [-0.1, -0.05) is 6.07 Å². The molecule has 1 fully saturated rings. The quantitative estimate of drug-likeness (QED) is 0.866. The summed E-state index contributed by atoms with van der Waals surface area (Å²) in [6, 6.07) is 4.76. The van der Waals surface area contributed by atoms with E-state index >= 15 is 0 Å². The summed E-state index contributed by atoms with van der Waals surface area (Å²) in [4.78, 5) is 13.5. The third kappa shape index (κ3) is 2.83. The lowest BCUT2D eigenvalue weighted by Crippen LogP contribution is -2.22. The fraction of sp³-hybridized carbons (Fsp3) is 0.467. The molecule has 0 spiro atoms. The lowest BCUT2D eigenvalue weighted by Gasteiger charge is -2.22. The molecule has 2 aromatic heterocycles. The van der Waals surface area contributed by atoms with Crippen LogP contribution < -0.4 is 4.90 Å². The Bertz CT molecular complexity index is 536. The molecule has 0 amide bonds. The van der Waals surface area contributed by atoms with Crippen LogP contribution in [0.25, 0.3) is 0 Å². The van der Waals surface area contributed by atoms with Crippen molar-refractivity contribution in [3.05, 3.63) is 40.5 Å². The smallest absolute Gasteiger partial charge is 0.127 e. The van der Waals surface area contributed by atoms with E-state index in [1.54, 1.807) is 11.3 Å². The van der Waals surface area contributed by atoms with Crippen molar-refractivity contribution in [2.45, 2.75) is 25.4 Å². The van der Waals surface area contributed by atoms with Gasteiger partial charge < -0.3 is 4.90 Å². The highest BCUT2D eigenvalue weighted by atomic mass is 32.1. The average molecular weight is 288 g/mol. The van der Waals surface area contributed by atoms with Crippen LogP contribution >= 0.6 is 11.3 Å². The molecule has 0 aromatic carbocycles. The molecule has 5 heteroatoms. The molecule has 4 nitrogen and oxygen atoms in total. The maximum absolute atomic E-state index is 4.49. The highest BCUT2D eigenvalue weighted by Gasteiger charge is 2.27. The summed E-state index contributed by atoms with van der Waals surface area (Å²) in [5, 5.41) is 3.32. The van der Waals surface area contributed by atoms with Gasteiger partial charge in [0.1, 0.15) is 10.8 Å². The van der Waals surface area contributed by atoms with Crippen molar-refractivity contribution in [1.82, 2.24) is 14.9 Å². The Labute approximate surface area is 124 Å². The Morgan fingerprint density at radius 2 is 2.25 bits per heavy atom. The first kappa shape index (κ1) is 13.5. The molecule has 0 N–H and O–H groups in total. The van der Waals surface area contributed by atoms with Crippen LogP contribution in [0.1, 0.15) is 29.5 Å². The van der Waals surface area contributed by atoms with Gasteiger partial charge in [-0.2, -0.15) is 0 Å². The number of pyridine rings is 1. The third-order valence-electron chi connectivity index (χ3n) is 3.75. The highest BCUT2D eigenvalue weighted by Crippen LogP contribution is 2.34. The van der Waals surface area contributed by atoms with Crippen molar-refractivity contribution in [3.8, 4) is 0 Å². The maximum Gasteiger partial charge on any atom is 0.127 e. The van der Waals surface area contributed by atoms with Crippen LogP contribution in [0.5, 0.6) is 0 Å². The second kappa shape index (κ2) is 5.89. The molecule has 0 bridgehead atoms. The van der Waals surface area contributed by atoms with Crippen LogP contribution in [0.2, 0.25) is 0 Å². The Morgan fingerprint density at radius 1 is 1.35 bits per heavy atom. The minimum atomic E-state index is 0.489. The van der Waals surface area contributed by atoms with Crippen LogP contribution in [-0.4, -0.2) is 35.5 Å². The average Bonchev–Trinajstić information content (AvgIpc) is 3.09. The maximum atomic E-state index is 4.49. The number of hydrogen-bond acceptors (Lipinski definition) is 5. The number of aromatic nitrogens is 2. The molecule has 0 saturated carbocycles. The summed E-state index contributed by atoms with van der Waals surface area (Å²) in [5.41, 5.74) is 1.28. The second-order valence-corrected chi connectivity index (χ2v) is 6.34. The third-order valence-corrected chi connectivity index (χ3v) is 4.63. The first-order valence-electron chi connectivity index (χ1n) is 7.00. The zero-order valence-electron chi connectivity index (χ0n) is 12.0. The number of anilines is 1. The summed E-state index contributed by atoms with van der Waals surface area (Å²) < 4.78 is 0. The van der Waals surface area contributed by atoms with Crippen LogP contribution in [0.15, 0.2) is 29.9 Å². The lowest BCUT2D eigenvalue weighted by atomic mass is 10.2. The molecule has 3 heterocycles. The van der Waals surface area contributed by atoms with E-state index in [4.69, 9.17) is 0 Å². The van der Waals surface area contributed by atoms with Gasteiger partial charge in [0, 0.05) is 38.4 Å². The minimum absolute atomic E-state index is 0.489. The van der Waals surface area contributed by atoms with Crippen molar-refractivity contribution < 1.29 is 0 Å². The predicted molar refractivity (Wildman–Crippen MR) is 83.1 cm³/mol. The van der Waals surface area contributed by atoms with Gasteiger partial charge in [-0.05, 0) is 31.0 Å². The van der Waals surface area contributed by atoms with E-state index in [0.29, 0.717) is 6.04 Å². The molecule has 20 heavy (non-hydrogen) atoms. The predicted octanol–water partition coefficient (Wildman–Crippen LogP) is 2.94. The van der Waals surface area contributed by atoms with Gasteiger partial charge in [-0.3, -0.25) is 4.90 Å². The molecule has 2 aromatic rings. The largest absolute Gasteiger partial charge is 0.363 e. The molecule has 0 unspecified atom stereocenters. The lowest BCUT2D eigenvalue weighted by molar-refractivity contribution is 0.248. The number of hydrogen-bond donors (Lipinski definition) is 0. The van der Waals surface area contributed by atoms with E-state index in [1.807, 2.05) is 31.4 Å². The molecular weight excluding hydrogens is 268 g/mol. The van der Waals surface area contributed by atoms with Gasteiger partial charge in [-0.25, -0.2) is 9.97 Å². The molecule has 0 radical (unpaired) electrons. The number of thiazole rings is 1. The Morgan fingerprint density at radius 3 is 2.90 bits per heavy atom. The molecular formula is C15H20N4S. The Balaban J connectivity index is 1.70. The normalized spacial score (nSPS) is 19.4. The van der Waals surface area contributed by atoms with E-state index in [0.717, 1.165) is 18.9 Å². The van der Waals surface area contributed by atoms with Gasteiger partial charge in [0.2, 0.25) is 0 Å². The summed E-state index contributed by atoms with van der Waals surface area (Å²) in [6.45, 7) is 2.12. The Kier molecular flexibility index (Phi) is 3.98. The zero-order chi connectivity index (χ0) is 13.9. The molecule has 1 aliphatic heterocycles. The molecule has 106 valence electrons. The monoisotopic (exact) mass is 288 g/mol. The van der Waals surface area contributed by atoms with Crippen LogP contribution in [-0.2, 0) is 6.54 Å². The van der Waals surface area contributed by atoms with Crippen LogP contribution in [0.4, 0.5) is 5.82 Å². The molecule has 0 aliphatic carbocycles. The van der Waals surface area contributed by atoms with Crippen LogP contribution in [0, 0.1) is 0 Å². The van der Waals surface area contributed by atoms with Gasteiger partial charge in [-0.15, -0.1) is 11.3 Å². The van der Waals surface area contributed by atoms with E-state index in [9.17, 15) is 0 Å². The first-order chi connectivity index (χ1) is 9.74. The van der Waals surface area contributed by atoms with E-state index in [2.05, 4.69) is 32.4 Å². The van der Waals surface area contributed by atoms with Gasteiger partial charge in [0.25, 0.3) is 0 Å². The number of nitrogens with zero attached hydrogens (tertiary/aromatic N) is 4. The van der Waals surface area contributed by atoms with Gasteiger partial charge in [0.15, 0.2) is 0 Å². The summed E-state index contributed by atoms with van der Waals surface area (Å²) in [7, 11) is 4.03. The topological polar surface area (TPSA) is 32.3 Å².